The molecule has 1 N–H and O–H groups in total. The van der Waals surface area contributed by atoms with Gasteiger partial charge in [0.05, 0.1) is 11.4 Å². The van der Waals surface area contributed by atoms with E-state index in [-0.39, 0.29) is 5.91 Å². The summed E-state index contributed by atoms with van der Waals surface area (Å²) in [5, 5.41) is 3.78. The highest BCUT2D eigenvalue weighted by molar-refractivity contribution is 7.99. The van der Waals surface area contributed by atoms with Gasteiger partial charge in [-0.1, -0.05) is 37.2 Å². The maximum atomic E-state index is 11.8. The van der Waals surface area contributed by atoms with Gasteiger partial charge < -0.3 is 5.32 Å². The summed E-state index contributed by atoms with van der Waals surface area (Å²) in [6, 6.07) is 6.35. The molecular formula is C17H23N3OS. The number of aromatic nitrogens is 2. The fraction of sp³-hybridized carbons (Fsp3) is 0.412. The minimum Gasteiger partial charge on any atom is -0.355 e. The van der Waals surface area contributed by atoms with Crippen LogP contribution in [0.4, 0.5) is 0 Å². The SMILES string of the molecule is CCCCNC(=O)CSc1nccn1-c1cc(C)ccc1C. The number of nitrogens with zero attached hydrogens (tertiary/aromatic N) is 2. The molecule has 1 heterocycles. The van der Waals surface area contributed by atoms with E-state index in [2.05, 4.69) is 49.3 Å². The number of hydrogen-bond donors (Lipinski definition) is 1. The lowest BCUT2D eigenvalue weighted by atomic mass is 10.1. The molecule has 0 radical (unpaired) electrons. The normalized spacial score (nSPS) is 10.7. The van der Waals surface area contributed by atoms with Gasteiger partial charge in [-0.05, 0) is 37.5 Å². The fourth-order valence-corrected chi connectivity index (χ4v) is 2.94. The quantitative estimate of drug-likeness (QED) is 0.628. The fourth-order valence-electron chi connectivity index (χ4n) is 2.14. The zero-order valence-corrected chi connectivity index (χ0v) is 14.2. The van der Waals surface area contributed by atoms with E-state index in [0.29, 0.717) is 5.75 Å². The van der Waals surface area contributed by atoms with Gasteiger partial charge >= 0.3 is 0 Å². The Labute approximate surface area is 136 Å². The molecule has 1 aromatic carbocycles. The van der Waals surface area contributed by atoms with Crippen LogP contribution in [-0.2, 0) is 4.79 Å². The van der Waals surface area contributed by atoms with Crippen LogP contribution in [0, 0.1) is 13.8 Å². The second-order valence-corrected chi connectivity index (χ2v) is 6.30. The van der Waals surface area contributed by atoms with Crippen molar-refractivity contribution in [1.82, 2.24) is 14.9 Å². The molecule has 0 aliphatic carbocycles. The van der Waals surface area contributed by atoms with Crippen molar-refractivity contribution in [3.63, 3.8) is 0 Å². The van der Waals surface area contributed by atoms with Crippen molar-refractivity contribution in [1.29, 1.82) is 0 Å². The summed E-state index contributed by atoms with van der Waals surface area (Å²) in [7, 11) is 0. The van der Waals surface area contributed by atoms with Gasteiger partial charge in [0.15, 0.2) is 5.16 Å². The summed E-state index contributed by atoms with van der Waals surface area (Å²) in [6.45, 7) is 7.03. The van der Waals surface area contributed by atoms with Crippen molar-refractivity contribution in [2.24, 2.45) is 0 Å². The Bertz CT molecular complexity index is 637. The van der Waals surface area contributed by atoms with E-state index < -0.39 is 0 Å². The van der Waals surface area contributed by atoms with E-state index in [9.17, 15) is 4.79 Å². The third-order valence-electron chi connectivity index (χ3n) is 3.42. The number of unbranched alkanes of at least 4 members (excludes halogenated alkanes) is 1. The van der Waals surface area contributed by atoms with Gasteiger partial charge in [-0.3, -0.25) is 9.36 Å². The number of benzene rings is 1. The van der Waals surface area contributed by atoms with E-state index in [1.54, 1.807) is 6.20 Å². The lowest BCUT2D eigenvalue weighted by Gasteiger charge is -2.11. The second-order valence-electron chi connectivity index (χ2n) is 5.36. The Morgan fingerprint density at radius 1 is 1.36 bits per heavy atom. The molecule has 2 rings (SSSR count). The molecule has 1 amide bonds. The summed E-state index contributed by atoms with van der Waals surface area (Å²) in [6.07, 6.45) is 5.83. The lowest BCUT2D eigenvalue weighted by molar-refractivity contribution is -0.118. The first kappa shape index (κ1) is 16.6. The van der Waals surface area contributed by atoms with Gasteiger partial charge in [0.2, 0.25) is 5.91 Å². The Hall–Kier alpha value is -1.75. The van der Waals surface area contributed by atoms with Crippen LogP contribution in [0.5, 0.6) is 0 Å². The number of thioether (sulfide) groups is 1. The molecular weight excluding hydrogens is 294 g/mol. The molecule has 0 saturated carbocycles. The summed E-state index contributed by atoms with van der Waals surface area (Å²) in [5.41, 5.74) is 3.52. The number of rotatable bonds is 7. The molecule has 0 atom stereocenters. The topological polar surface area (TPSA) is 46.9 Å². The van der Waals surface area contributed by atoms with Gasteiger partial charge in [0.25, 0.3) is 0 Å². The molecule has 5 heteroatoms. The second kappa shape index (κ2) is 8.03. The average molecular weight is 317 g/mol. The molecule has 0 fully saturated rings. The minimum atomic E-state index is 0.0639. The molecule has 22 heavy (non-hydrogen) atoms. The number of carbonyl (C=O) groups excluding carboxylic acids is 1. The van der Waals surface area contributed by atoms with Crippen LogP contribution in [0.25, 0.3) is 5.69 Å². The van der Waals surface area contributed by atoms with Crippen molar-refractivity contribution in [3.05, 3.63) is 41.7 Å². The largest absolute Gasteiger partial charge is 0.355 e. The van der Waals surface area contributed by atoms with Gasteiger partial charge in [0, 0.05) is 18.9 Å². The van der Waals surface area contributed by atoms with E-state index in [1.165, 1.54) is 22.9 Å². The Morgan fingerprint density at radius 3 is 2.95 bits per heavy atom. The standard InChI is InChI=1S/C17H23N3OS/c1-4-5-8-18-16(21)12-22-17-19-9-10-20(17)15-11-13(2)6-7-14(15)3/h6-7,9-11H,4-5,8,12H2,1-3H3,(H,18,21). The molecule has 0 bridgehead atoms. The van der Waals surface area contributed by atoms with Gasteiger partial charge in [0.1, 0.15) is 0 Å². The summed E-state index contributed by atoms with van der Waals surface area (Å²) in [4.78, 5) is 16.2. The monoisotopic (exact) mass is 317 g/mol. The molecule has 0 aliphatic heterocycles. The molecule has 118 valence electrons. The third-order valence-corrected chi connectivity index (χ3v) is 4.38. The predicted octanol–water partition coefficient (Wildman–Crippen LogP) is 3.50. The Morgan fingerprint density at radius 2 is 2.18 bits per heavy atom. The average Bonchev–Trinajstić information content (AvgIpc) is 2.96. The van der Waals surface area contributed by atoms with Crippen LogP contribution < -0.4 is 5.32 Å². The zero-order valence-electron chi connectivity index (χ0n) is 13.4. The van der Waals surface area contributed by atoms with Gasteiger partial charge in [-0.2, -0.15) is 0 Å². The van der Waals surface area contributed by atoms with E-state index >= 15 is 0 Å². The molecule has 0 aliphatic rings. The van der Waals surface area contributed by atoms with Crippen molar-refractivity contribution in [2.75, 3.05) is 12.3 Å². The van der Waals surface area contributed by atoms with Gasteiger partial charge in [-0.25, -0.2) is 4.98 Å². The maximum absolute atomic E-state index is 11.8. The zero-order chi connectivity index (χ0) is 15.9. The van der Waals surface area contributed by atoms with E-state index in [1.807, 2.05) is 10.8 Å². The van der Waals surface area contributed by atoms with E-state index in [0.717, 1.165) is 30.2 Å². The van der Waals surface area contributed by atoms with Crippen molar-refractivity contribution in [3.8, 4) is 5.69 Å². The first-order valence-corrected chi connectivity index (χ1v) is 8.61. The molecule has 0 saturated heterocycles. The van der Waals surface area contributed by atoms with Crippen LogP contribution in [0.1, 0.15) is 30.9 Å². The molecule has 0 unspecified atom stereocenters. The third kappa shape index (κ3) is 4.37. The van der Waals surface area contributed by atoms with Crippen LogP contribution in [0.15, 0.2) is 35.7 Å². The van der Waals surface area contributed by atoms with Crippen LogP contribution >= 0.6 is 11.8 Å². The van der Waals surface area contributed by atoms with Gasteiger partial charge in [-0.15, -0.1) is 0 Å². The maximum Gasteiger partial charge on any atom is 0.230 e. The highest BCUT2D eigenvalue weighted by atomic mass is 32.2. The smallest absolute Gasteiger partial charge is 0.230 e. The number of amides is 1. The molecule has 1 aromatic heterocycles. The van der Waals surface area contributed by atoms with Crippen molar-refractivity contribution < 1.29 is 4.79 Å². The number of carbonyl (C=O) groups is 1. The number of imidazole rings is 1. The molecule has 4 nitrogen and oxygen atoms in total. The van der Waals surface area contributed by atoms with E-state index in [4.69, 9.17) is 0 Å². The van der Waals surface area contributed by atoms with Crippen LogP contribution in [0.3, 0.4) is 0 Å². The summed E-state index contributed by atoms with van der Waals surface area (Å²) < 4.78 is 2.05. The highest BCUT2D eigenvalue weighted by Gasteiger charge is 2.10. The van der Waals surface area contributed by atoms with Crippen molar-refractivity contribution in [2.45, 2.75) is 38.8 Å². The predicted molar refractivity (Wildman–Crippen MR) is 91.7 cm³/mol. The van der Waals surface area contributed by atoms with Crippen molar-refractivity contribution >= 4 is 17.7 Å². The van der Waals surface area contributed by atoms with Crippen LogP contribution in [0.2, 0.25) is 0 Å². The molecule has 2 aromatic rings. The lowest BCUT2D eigenvalue weighted by Crippen LogP contribution is -2.26. The summed E-state index contributed by atoms with van der Waals surface area (Å²) >= 11 is 1.47. The first-order chi connectivity index (χ1) is 10.6. The highest BCUT2D eigenvalue weighted by Crippen LogP contribution is 2.23. The Balaban J connectivity index is 2.04. The first-order valence-electron chi connectivity index (χ1n) is 7.62. The number of hydrogen-bond acceptors (Lipinski definition) is 3. The van der Waals surface area contributed by atoms with Crippen LogP contribution in [-0.4, -0.2) is 27.8 Å². The Kier molecular flexibility index (Phi) is 6.07. The number of nitrogens with one attached hydrogen (secondary N) is 1. The minimum absolute atomic E-state index is 0.0639. The summed E-state index contributed by atoms with van der Waals surface area (Å²) in [5.74, 6) is 0.458. The molecule has 0 spiro atoms. The number of aryl methyl sites for hydroxylation is 2.